The van der Waals surface area contributed by atoms with Crippen LogP contribution in [0.4, 0.5) is 0 Å². The number of ether oxygens (including phenoxy) is 2. The lowest BCUT2D eigenvalue weighted by molar-refractivity contribution is -0.158. The molecule has 9 nitrogen and oxygen atoms in total. The molecular weight excluding hydrogens is 366 g/mol. The summed E-state index contributed by atoms with van der Waals surface area (Å²) in [5, 5.41) is 8.26. The largest absolute Gasteiger partial charge is 0.497 e. The summed E-state index contributed by atoms with van der Waals surface area (Å²) in [6, 6.07) is 4.42. The zero-order valence-corrected chi connectivity index (χ0v) is 14.9. The van der Waals surface area contributed by atoms with Gasteiger partial charge in [-0.25, -0.2) is 13.2 Å². The zero-order valence-electron chi connectivity index (χ0n) is 14.0. The Hall–Kier alpha value is -2.62. The van der Waals surface area contributed by atoms with Crippen molar-refractivity contribution in [2.24, 2.45) is 0 Å². The Morgan fingerprint density at radius 3 is 2.35 bits per heavy atom. The number of carbonyl (C=O) groups is 3. The first-order valence-electron chi connectivity index (χ1n) is 7.74. The van der Waals surface area contributed by atoms with Gasteiger partial charge in [-0.3, -0.25) is 9.59 Å². The summed E-state index contributed by atoms with van der Waals surface area (Å²) >= 11 is 0. The fourth-order valence-electron chi connectivity index (χ4n) is 3.41. The lowest BCUT2D eigenvalue weighted by Crippen LogP contribution is -2.57. The fraction of sp³-hybridized carbons (Fsp3) is 0.438. The molecular formula is C16H17NO8S. The molecule has 2 aliphatic heterocycles. The summed E-state index contributed by atoms with van der Waals surface area (Å²) in [7, 11) is -2.57. The maximum atomic E-state index is 12.7. The molecule has 1 aromatic carbocycles. The van der Waals surface area contributed by atoms with Crippen molar-refractivity contribution in [3.8, 4) is 11.5 Å². The van der Waals surface area contributed by atoms with Crippen molar-refractivity contribution in [2.45, 2.75) is 35.9 Å². The van der Waals surface area contributed by atoms with Gasteiger partial charge in [0.1, 0.15) is 21.6 Å². The molecule has 1 aromatic rings. The average Bonchev–Trinajstić information content (AvgIpc) is 2.70. The molecule has 3 rings (SSSR count). The first kappa shape index (κ1) is 18.2. The van der Waals surface area contributed by atoms with Gasteiger partial charge < -0.3 is 19.5 Å². The van der Waals surface area contributed by atoms with E-state index in [4.69, 9.17) is 9.47 Å². The van der Waals surface area contributed by atoms with Crippen LogP contribution in [0, 0.1) is 0 Å². The highest BCUT2D eigenvalue weighted by Gasteiger charge is 2.70. The SMILES string of the molecule is COc1ccc(OC(=O)C[C@@]2(C)[C@H](C(=O)O)N3C(=O)CC3S2(=O)=O)cc1. The van der Waals surface area contributed by atoms with Gasteiger partial charge in [-0.05, 0) is 31.2 Å². The minimum atomic E-state index is -4.05. The Morgan fingerprint density at radius 1 is 1.27 bits per heavy atom. The van der Waals surface area contributed by atoms with Gasteiger partial charge in [0.2, 0.25) is 5.91 Å². The Bertz CT molecular complexity index is 878. The molecule has 0 aliphatic carbocycles. The van der Waals surface area contributed by atoms with E-state index in [0.717, 1.165) is 4.90 Å². The first-order valence-corrected chi connectivity index (χ1v) is 9.28. The van der Waals surface area contributed by atoms with E-state index in [1.807, 2.05) is 0 Å². The summed E-state index contributed by atoms with van der Waals surface area (Å²) in [6.07, 6.45) is -0.951. The van der Waals surface area contributed by atoms with E-state index in [9.17, 15) is 27.9 Å². The lowest BCUT2D eigenvalue weighted by atomic mass is 9.93. The van der Waals surface area contributed by atoms with Crippen LogP contribution in [0.3, 0.4) is 0 Å². The van der Waals surface area contributed by atoms with E-state index < -0.39 is 50.3 Å². The summed E-state index contributed by atoms with van der Waals surface area (Å²) in [5.74, 6) is -2.21. The van der Waals surface area contributed by atoms with Crippen LogP contribution < -0.4 is 9.47 Å². The number of carbonyl (C=O) groups excluding carboxylic acids is 2. The number of rotatable bonds is 5. The predicted molar refractivity (Wildman–Crippen MR) is 87.2 cm³/mol. The van der Waals surface area contributed by atoms with E-state index >= 15 is 0 Å². The standard InChI is InChI=1S/C16H17NO8S/c1-16(8-13(19)25-10-5-3-9(24-2)4-6-10)14(15(20)21)17-11(18)7-12(17)26(16,22)23/h3-6,12,14H,7-8H2,1-2H3,(H,20,21)/t12?,14-,16-/m0/s1. The summed E-state index contributed by atoms with van der Waals surface area (Å²) in [6.45, 7) is 1.17. The normalized spacial score (nSPS) is 28.8. The van der Waals surface area contributed by atoms with E-state index in [1.54, 1.807) is 12.1 Å². The van der Waals surface area contributed by atoms with Crippen molar-refractivity contribution in [3.63, 3.8) is 0 Å². The molecule has 0 radical (unpaired) electrons. The number of carboxylic acids is 1. The highest BCUT2D eigenvalue weighted by Crippen LogP contribution is 2.47. The number of hydrogen-bond donors (Lipinski definition) is 1. The van der Waals surface area contributed by atoms with Gasteiger partial charge in [0.15, 0.2) is 15.9 Å². The van der Waals surface area contributed by atoms with Gasteiger partial charge in [0.25, 0.3) is 0 Å². The van der Waals surface area contributed by atoms with Crippen LogP contribution >= 0.6 is 0 Å². The quantitative estimate of drug-likeness (QED) is 0.434. The monoisotopic (exact) mass is 383 g/mol. The number of nitrogens with zero attached hydrogens (tertiary/aromatic N) is 1. The maximum absolute atomic E-state index is 12.7. The minimum Gasteiger partial charge on any atom is -0.497 e. The number of hydrogen-bond acceptors (Lipinski definition) is 7. The molecule has 2 heterocycles. The molecule has 0 spiro atoms. The molecule has 0 bridgehead atoms. The molecule has 2 aliphatic rings. The molecule has 1 unspecified atom stereocenters. The number of methoxy groups -OCH3 is 1. The second-order valence-corrected chi connectivity index (χ2v) is 8.95. The van der Waals surface area contributed by atoms with E-state index in [0.29, 0.717) is 5.75 Å². The van der Waals surface area contributed by atoms with Crippen LogP contribution in [0.25, 0.3) is 0 Å². The Balaban J connectivity index is 1.84. The summed E-state index contributed by atoms with van der Waals surface area (Å²) < 4.78 is 33.6. The number of sulfone groups is 1. The molecule has 26 heavy (non-hydrogen) atoms. The van der Waals surface area contributed by atoms with Crippen molar-refractivity contribution in [1.82, 2.24) is 4.90 Å². The molecule has 3 atom stereocenters. The topological polar surface area (TPSA) is 127 Å². The predicted octanol–water partition coefficient (Wildman–Crippen LogP) is 0.189. The molecule has 1 amide bonds. The van der Waals surface area contributed by atoms with E-state index in [-0.39, 0.29) is 12.2 Å². The van der Waals surface area contributed by atoms with Crippen molar-refractivity contribution in [2.75, 3.05) is 7.11 Å². The minimum absolute atomic E-state index is 0.168. The van der Waals surface area contributed by atoms with Crippen molar-refractivity contribution in [3.05, 3.63) is 24.3 Å². The Morgan fingerprint density at radius 2 is 1.85 bits per heavy atom. The maximum Gasteiger partial charge on any atom is 0.328 e. The first-order chi connectivity index (χ1) is 12.1. The number of carboxylic acid groups (broad SMARTS) is 1. The van der Waals surface area contributed by atoms with Gasteiger partial charge in [-0.1, -0.05) is 0 Å². The highest BCUT2D eigenvalue weighted by atomic mass is 32.2. The van der Waals surface area contributed by atoms with Crippen LogP contribution in [0.1, 0.15) is 19.8 Å². The van der Waals surface area contributed by atoms with Gasteiger partial charge in [0.05, 0.1) is 20.0 Å². The van der Waals surface area contributed by atoms with Crippen LogP contribution in [-0.2, 0) is 24.2 Å². The Labute approximate surface area is 149 Å². The molecule has 2 saturated heterocycles. The number of benzene rings is 1. The van der Waals surface area contributed by atoms with E-state index in [1.165, 1.54) is 26.2 Å². The number of esters is 1. The van der Waals surface area contributed by atoms with Crippen molar-refractivity contribution < 1.29 is 37.4 Å². The summed E-state index contributed by atoms with van der Waals surface area (Å²) in [4.78, 5) is 36.5. The second-order valence-electron chi connectivity index (χ2n) is 6.38. The van der Waals surface area contributed by atoms with Crippen LogP contribution in [0.2, 0.25) is 0 Å². The number of amides is 1. The smallest absolute Gasteiger partial charge is 0.328 e. The number of fused-ring (bicyclic) bond motifs is 1. The van der Waals surface area contributed by atoms with Gasteiger partial charge in [-0.2, -0.15) is 0 Å². The molecule has 2 fully saturated rings. The Kier molecular flexibility index (Phi) is 4.18. The van der Waals surface area contributed by atoms with E-state index in [2.05, 4.69) is 0 Å². The third-order valence-corrected chi connectivity index (χ3v) is 7.61. The van der Waals surface area contributed by atoms with Crippen molar-refractivity contribution >= 4 is 27.7 Å². The van der Waals surface area contributed by atoms with Crippen LogP contribution in [-0.4, -0.2) is 59.5 Å². The van der Waals surface area contributed by atoms with Crippen molar-refractivity contribution in [1.29, 1.82) is 0 Å². The summed E-state index contributed by atoms with van der Waals surface area (Å²) in [5.41, 5.74) is 0. The third-order valence-electron chi connectivity index (χ3n) is 4.83. The van der Waals surface area contributed by atoms with Crippen LogP contribution in [0.15, 0.2) is 24.3 Å². The molecule has 140 valence electrons. The molecule has 1 N–H and O–H groups in total. The third kappa shape index (κ3) is 2.52. The lowest BCUT2D eigenvalue weighted by Gasteiger charge is -2.35. The molecule has 0 aromatic heterocycles. The van der Waals surface area contributed by atoms with Gasteiger partial charge in [-0.15, -0.1) is 0 Å². The molecule has 0 saturated carbocycles. The fourth-order valence-corrected chi connectivity index (χ4v) is 5.77. The highest BCUT2D eigenvalue weighted by molar-refractivity contribution is 7.94. The second kappa shape index (κ2) is 5.97. The van der Waals surface area contributed by atoms with Crippen LogP contribution in [0.5, 0.6) is 11.5 Å². The number of β-lactam (4-membered cyclic amide) rings is 1. The molecule has 10 heteroatoms. The zero-order chi connectivity index (χ0) is 19.3. The van der Waals surface area contributed by atoms with Gasteiger partial charge >= 0.3 is 11.9 Å². The van der Waals surface area contributed by atoms with Gasteiger partial charge in [0, 0.05) is 0 Å². The average molecular weight is 383 g/mol. The number of aliphatic carboxylic acids is 1.